The molecule has 0 N–H and O–H groups in total. The largest absolute Gasteiger partial charge is 0.333 e. The summed E-state index contributed by atoms with van der Waals surface area (Å²) in [5.41, 5.74) is 21.4. The Morgan fingerprint density at radius 1 is 0.409 bits per heavy atom. The van der Waals surface area contributed by atoms with E-state index >= 15 is 0 Å². The highest BCUT2D eigenvalue weighted by Crippen LogP contribution is 2.48. The molecule has 13 rings (SSSR count). The summed E-state index contributed by atoms with van der Waals surface area (Å²) in [5, 5.41) is 4.72. The summed E-state index contributed by atoms with van der Waals surface area (Å²) in [7, 11) is 0. The van der Waals surface area contributed by atoms with Crippen molar-refractivity contribution in [1.82, 2.24) is 24.1 Å². The van der Waals surface area contributed by atoms with E-state index in [0.29, 0.717) is 0 Å². The fourth-order valence-electron chi connectivity index (χ4n) is 11.1. The molecule has 0 spiro atoms. The molecule has 6 heterocycles. The van der Waals surface area contributed by atoms with Crippen molar-refractivity contribution in [3.63, 3.8) is 0 Å². The van der Waals surface area contributed by atoms with Gasteiger partial charge in [-0.3, -0.25) is 15.0 Å². The monoisotopic (exact) mass is 848 g/mol. The summed E-state index contributed by atoms with van der Waals surface area (Å²) in [4.78, 5) is 16.0. The number of nitrogens with zero attached hydrogens (tertiary/aromatic N) is 6. The first kappa shape index (κ1) is 38.1. The van der Waals surface area contributed by atoms with E-state index in [1.165, 1.54) is 88.8 Å². The van der Waals surface area contributed by atoms with E-state index in [1.54, 1.807) is 0 Å². The second kappa shape index (κ2) is 14.9. The zero-order valence-electron chi connectivity index (χ0n) is 36.9. The van der Waals surface area contributed by atoms with Gasteiger partial charge in [-0.25, -0.2) is 0 Å². The van der Waals surface area contributed by atoms with E-state index < -0.39 is 0 Å². The SMILES string of the molecule is Cc1cc(N2c3ccncc3C3C=CC=CC32)ccc1-c1cc(-c2ccc(-n3c4ccccc4c4cnccc43)cc2C)cc(-c2ccc(-n3c4ccccc4c4cnccc43)cc2C)c1. The van der Waals surface area contributed by atoms with Gasteiger partial charge in [-0.2, -0.15) is 0 Å². The van der Waals surface area contributed by atoms with Gasteiger partial charge in [-0.1, -0.05) is 78.9 Å². The number of aryl methyl sites for hydroxylation is 3. The van der Waals surface area contributed by atoms with Gasteiger partial charge in [-0.05, 0) is 156 Å². The van der Waals surface area contributed by atoms with E-state index in [1.807, 2.05) is 37.2 Å². The summed E-state index contributed by atoms with van der Waals surface area (Å²) in [5.74, 6) is 0.279. The normalized spacial score (nSPS) is 15.3. The Hall–Kier alpha value is -8.35. The average Bonchev–Trinajstić information content (AvgIpc) is 4.00. The minimum absolute atomic E-state index is 0.213. The lowest BCUT2D eigenvalue weighted by atomic mass is 9.89. The summed E-state index contributed by atoms with van der Waals surface area (Å²) in [6.45, 7) is 6.74. The third-order valence-electron chi connectivity index (χ3n) is 14.1. The molecular formula is C60H44N6. The molecule has 0 bridgehead atoms. The average molecular weight is 849 g/mol. The lowest BCUT2D eigenvalue weighted by Gasteiger charge is -2.29. The maximum atomic E-state index is 4.52. The van der Waals surface area contributed by atoms with Crippen LogP contribution in [0.5, 0.6) is 0 Å². The molecule has 6 aromatic carbocycles. The van der Waals surface area contributed by atoms with Crippen LogP contribution in [0, 0.1) is 20.8 Å². The number of fused-ring (bicyclic) bond motifs is 9. The first-order valence-corrected chi connectivity index (χ1v) is 22.7. The number of allylic oxidation sites excluding steroid dienone is 2. The van der Waals surface area contributed by atoms with Crippen LogP contribution >= 0.6 is 0 Å². The van der Waals surface area contributed by atoms with Crippen molar-refractivity contribution in [2.75, 3.05) is 4.90 Å². The Morgan fingerprint density at radius 3 is 1.41 bits per heavy atom. The number of hydrogen-bond acceptors (Lipinski definition) is 4. The Bertz CT molecular complexity index is 3560. The fraction of sp³-hybridized carbons (Fsp3) is 0.0833. The molecule has 6 nitrogen and oxygen atoms in total. The van der Waals surface area contributed by atoms with E-state index in [9.17, 15) is 0 Å². The van der Waals surface area contributed by atoms with Crippen molar-refractivity contribution < 1.29 is 0 Å². The van der Waals surface area contributed by atoms with Crippen LogP contribution in [-0.2, 0) is 0 Å². The first-order chi connectivity index (χ1) is 32.5. The Kier molecular flexibility index (Phi) is 8.59. The third kappa shape index (κ3) is 5.84. The molecule has 6 heteroatoms. The van der Waals surface area contributed by atoms with Crippen LogP contribution in [0.1, 0.15) is 28.2 Å². The van der Waals surface area contributed by atoms with Crippen molar-refractivity contribution in [2.24, 2.45) is 0 Å². The molecule has 1 aliphatic carbocycles. The van der Waals surface area contributed by atoms with Crippen LogP contribution in [0.3, 0.4) is 0 Å². The second-order valence-corrected chi connectivity index (χ2v) is 17.9. The lowest BCUT2D eigenvalue weighted by Crippen LogP contribution is -2.28. The maximum absolute atomic E-state index is 4.52. The van der Waals surface area contributed by atoms with Crippen molar-refractivity contribution in [3.05, 3.63) is 223 Å². The maximum Gasteiger partial charge on any atom is 0.0630 e. The van der Waals surface area contributed by atoms with Gasteiger partial charge in [0.25, 0.3) is 0 Å². The molecule has 5 aromatic heterocycles. The van der Waals surface area contributed by atoms with Gasteiger partial charge in [0.2, 0.25) is 0 Å². The highest BCUT2D eigenvalue weighted by atomic mass is 15.2. The van der Waals surface area contributed by atoms with Gasteiger partial charge in [-0.15, -0.1) is 0 Å². The van der Waals surface area contributed by atoms with Crippen molar-refractivity contribution in [1.29, 1.82) is 0 Å². The Labute approximate surface area is 383 Å². The minimum atomic E-state index is 0.213. The van der Waals surface area contributed by atoms with Gasteiger partial charge < -0.3 is 14.0 Å². The molecule has 0 radical (unpaired) electrons. The molecule has 11 aromatic rings. The molecule has 1 aliphatic heterocycles. The van der Waals surface area contributed by atoms with Crippen LogP contribution in [0.4, 0.5) is 11.4 Å². The second-order valence-electron chi connectivity index (χ2n) is 17.9. The zero-order valence-corrected chi connectivity index (χ0v) is 36.9. The summed E-state index contributed by atoms with van der Waals surface area (Å²) < 4.78 is 4.73. The number of hydrogen-bond donors (Lipinski definition) is 0. The highest BCUT2D eigenvalue weighted by molar-refractivity contribution is 6.10. The third-order valence-corrected chi connectivity index (χ3v) is 14.1. The predicted octanol–water partition coefficient (Wildman–Crippen LogP) is 14.7. The summed E-state index contributed by atoms with van der Waals surface area (Å²) in [6.07, 6.45) is 20.6. The molecule has 2 aliphatic rings. The number of pyridine rings is 3. The van der Waals surface area contributed by atoms with Crippen molar-refractivity contribution in [2.45, 2.75) is 32.7 Å². The summed E-state index contributed by atoms with van der Waals surface area (Å²) in [6, 6.07) is 51.8. The standard InChI is InChI=1S/C60H44N6/c1-37-28-43(64-55-13-7-4-10-49(55)52-34-61-25-22-58(52)64)16-19-46(37)40-31-41(47-20-17-44(29-38(47)2)65-56-14-8-5-11-50(56)53-35-62-26-23-59(53)65)33-42(32-40)48-21-18-45(30-39(48)3)66-57-15-9-6-12-51(57)54-36-63-27-24-60(54)66/h4-36,49,55H,1-3H3. The molecular weight excluding hydrogens is 805 g/mol. The van der Waals surface area contributed by atoms with Crippen LogP contribution in [0.15, 0.2) is 201 Å². The molecule has 66 heavy (non-hydrogen) atoms. The van der Waals surface area contributed by atoms with Gasteiger partial charge in [0.15, 0.2) is 0 Å². The number of aromatic nitrogens is 5. The van der Waals surface area contributed by atoms with Gasteiger partial charge >= 0.3 is 0 Å². The molecule has 2 atom stereocenters. The Balaban J connectivity index is 0.954. The van der Waals surface area contributed by atoms with Crippen molar-refractivity contribution >= 4 is 55.0 Å². The molecule has 0 saturated heterocycles. The van der Waals surface area contributed by atoms with Crippen LogP contribution in [0.25, 0.3) is 88.4 Å². The molecule has 0 fully saturated rings. The summed E-state index contributed by atoms with van der Waals surface area (Å²) >= 11 is 0. The molecule has 0 saturated carbocycles. The first-order valence-electron chi connectivity index (χ1n) is 22.7. The molecule has 2 unspecified atom stereocenters. The quantitative estimate of drug-likeness (QED) is 0.167. The highest BCUT2D eigenvalue weighted by Gasteiger charge is 2.37. The van der Waals surface area contributed by atoms with Crippen molar-refractivity contribution in [3.8, 4) is 44.8 Å². The van der Waals surface area contributed by atoms with E-state index in [0.717, 1.165) is 33.2 Å². The van der Waals surface area contributed by atoms with Gasteiger partial charge in [0.05, 0.1) is 28.1 Å². The number of rotatable bonds is 6. The van der Waals surface area contributed by atoms with Crippen LogP contribution in [0.2, 0.25) is 0 Å². The fourth-order valence-corrected chi connectivity index (χ4v) is 11.1. The lowest BCUT2D eigenvalue weighted by molar-refractivity contribution is 0.743. The van der Waals surface area contributed by atoms with E-state index in [-0.39, 0.29) is 12.0 Å². The number of benzene rings is 6. The van der Waals surface area contributed by atoms with Crippen LogP contribution < -0.4 is 4.90 Å². The Morgan fingerprint density at radius 2 is 0.864 bits per heavy atom. The minimum Gasteiger partial charge on any atom is -0.333 e. The topological polar surface area (TPSA) is 51.8 Å². The molecule has 0 amide bonds. The smallest absolute Gasteiger partial charge is 0.0630 e. The molecule has 314 valence electrons. The van der Waals surface area contributed by atoms with E-state index in [4.69, 9.17) is 0 Å². The zero-order chi connectivity index (χ0) is 44.0. The predicted molar refractivity (Wildman–Crippen MR) is 272 cm³/mol. The van der Waals surface area contributed by atoms with E-state index in [2.05, 4.69) is 214 Å². The van der Waals surface area contributed by atoms with Gasteiger partial charge in [0, 0.05) is 93.0 Å². The van der Waals surface area contributed by atoms with Crippen LogP contribution in [-0.4, -0.2) is 30.1 Å². The number of anilines is 2. The number of para-hydroxylation sites is 2. The van der Waals surface area contributed by atoms with Gasteiger partial charge in [0.1, 0.15) is 0 Å².